The Morgan fingerprint density at radius 1 is 0.621 bits per heavy atom. The Morgan fingerprint density at radius 3 is 1.77 bits per heavy atom. The molecule has 0 aliphatic heterocycles. The third-order valence-electron chi connectivity index (χ3n) is 11.2. The summed E-state index contributed by atoms with van der Waals surface area (Å²) in [5, 5.41) is 12.5. The van der Waals surface area contributed by atoms with Crippen LogP contribution in [0.2, 0.25) is 0 Å². The lowest BCUT2D eigenvalue weighted by Crippen LogP contribution is -2.78. The van der Waals surface area contributed by atoms with E-state index in [0.717, 1.165) is 51.1 Å². The standard InChI is InChI=1S/C52H67N7O7/c1-34(2)27-30-64-44-25-23-37-17-8-10-19-39(37)47(44)48-40-20-11-9-18-38(40)24-26-45(48)65-33-46(60)57-41(21-12-13-28-53)49(61)58-42(22-14-29-56-52(54)55)50(62)59-43(31-35(3)4)51(63)66-32-36-15-6-5-7-16-36/h5-11,15-20,23-26,34-35,41-43H,12-14,21-22,27-33,53H2,1-4H3,(H,57,60)(H,58,61)(H,59,62)(H4,54,55,56)/p+2/t41-,42-,43+/m1/s1. The van der Waals surface area contributed by atoms with Crippen molar-refractivity contribution in [3.8, 4) is 22.6 Å². The summed E-state index contributed by atoms with van der Waals surface area (Å²) in [5.74, 6) is -0.513. The number of esters is 1. The van der Waals surface area contributed by atoms with Crippen LogP contribution in [-0.4, -0.2) is 74.1 Å². The lowest BCUT2D eigenvalue weighted by molar-refractivity contribution is -0.459. The fourth-order valence-corrected chi connectivity index (χ4v) is 7.70. The van der Waals surface area contributed by atoms with Crippen LogP contribution in [-0.2, 0) is 30.5 Å². The summed E-state index contributed by atoms with van der Waals surface area (Å²) in [7, 11) is 0. The quantitative estimate of drug-likeness (QED) is 0.0182. The zero-order chi connectivity index (χ0) is 47.4. The van der Waals surface area contributed by atoms with Crippen molar-refractivity contribution in [3.05, 3.63) is 109 Å². The molecule has 0 bridgehead atoms. The maximum Gasteiger partial charge on any atom is 0.338 e. The van der Waals surface area contributed by atoms with Crippen molar-refractivity contribution in [1.29, 1.82) is 0 Å². The molecule has 0 saturated carbocycles. The van der Waals surface area contributed by atoms with E-state index in [1.807, 2.05) is 105 Å². The number of amides is 3. The van der Waals surface area contributed by atoms with Gasteiger partial charge in [0.2, 0.25) is 11.8 Å². The van der Waals surface area contributed by atoms with E-state index in [2.05, 4.69) is 52.7 Å². The van der Waals surface area contributed by atoms with Gasteiger partial charge in [-0.25, -0.2) is 4.79 Å². The number of ether oxygens (including phenoxy) is 3. The van der Waals surface area contributed by atoms with Gasteiger partial charge in [-0.3, -0.25) is 30.8 Å². The van der Waals surface area contributed by atoms with Crippen molar-refractivity contribution in [2.45, 2.75) is 97.4 Å². The Balaban J connectivity index is 1.37. The van der Waals surface area contributed by atoms with Crippen LogP contribution in [0.5, 0.6) is 11.5 Å². The summed E-state index contributed by atoms with van der Waals surface area (Å²) in [4.78, 5) is 58.4. The number of hydrogen-bond acceptors (Lipinski definition) is 7. The molecule has 66 heavy (non-hydrogen) atoms. The average molecular weight is 904 g/mol. The maximum atomic E-state index is 14.2. The number of benzene rings is 5. The molecule has 0 fully saturated rings. The molecule has 0 saturated heterocycles. The van der Waals surface area contributed by atoms with Crippen molar-refractivity contribution in [1.82, 2.24) is 16.0 Å². The van der Waals surface area contributed by atoms with Crippen LogP contribution >= 0.6 is 0 Å². The van der Waals surface area contributed by atoms with Crippen molar-refractivity contribution < 1.29 is 44.1 Å². The van der Waals surface area contributed by atoms with Gasteiger partial charge in [-0.1, -0.05) is 119 Å². The number of unbranched alkanes of at least 4 members (excludes halogenated alkanes) is 1. The summed E-state index contributed by atoms with van der Waals surface area (Å²) >= 11 is 0. The number of hydrogen-bond donors (Lipinski definition) is 7. The van der Waals surface area contributed by atoms with Gasteiger partial charge in [-0.05, 0) is 96.0 Å². The number of fused-ring (bicyclic) bond motifs is 2. The van der Waals surface area contributed by atoms with Gasteiger partial charge in [-0.2, -0.15) is 0 Å². The molecule has 0 aromatic heterocycles. The Kier molecular flexibility index (Phi) is 19.6. The van der Waals surface area contributed by atoms with E-state index in [1.165, 1.54) is 0 Å². The first kappa shape index (κ1) is 50.3. The lowest BCUT2D eigenvalue weighted by atomic mass is 9.92. The molecule has 3 atom stereocenters. The smallest absolute Gasteiger partial charge is 0.338 e. The van der Waals surface area contributed by atoms with Crippen LogP contribution in [0.3, 0.4) is 0 Å². The molecule has 14 heteroatoms. The van der Waals surface area contributed by atoms with Crippen LogP contribution in [0, 0.1) is 11.8 Å². The third-order valence-corrected chi connectivity index (χ3v) is 11.2. The largest absolute Gasteiger partial charge is 0.493 e. The zero-order valence-corrected chi connectivity index (χ0v) is 38.9. The van der Waals surface area contributed by atoms with Gasteiger partial charge in [0, 0.05) is 11.1 Å². The highest BCUT2D eigenvalue weighted by atomic mass is 16.5. The second-order valence-corrected chi connectivity index (χ2v) is 17.5. The predicted octanol–water partition coefficient (Wildman–Crippen LogP) is 4.25. The number of guanidine groups is 1. The summed E-state index contributed by atoms with van der Waals surface area (Å²) in [6, 6.07) is 30.2. The van der Waals surface area contributed by atoms with Crippen LogP contribution in [0.4, 0.5) is 0 Å². The molecule has 352 valence electrons. The van der Waals surface area contributed by atoms with E-state index in [-0.39, 0.29) is 31.3 Å². The molecule has 0 heterocycles. The molecule has 5 rings (SSSR count). The van der Waals surface area contributed by atoms with Crippen molar-refractivity contribution in [2.24, 2.45) is 23.3 Å². The number of nitrogens with two attached hydrogens (primary N) is 2. The first-order valence-corrected chi connectivity index (χ1v) is 23.2. The van der Waals surface area contributed by atoms with E-state index >= 15 is 0 Å². The number of nitrogens with one attached hydrogen (secondary N) is 4. The molecule has 0 aliphatic carbocycles. The van der Waals surface area contributed by atoms with Crippen LogP contribution in [0.25, 0.3) is 32.7 Å². The van der Waals surface area contributed by atoms with Crippen molar-refractivity contribution >= 4 is 51.2 Å². The van der Waals surface area contributed by atoms with Gasteiger partial charge < -0.3 is 35.9 Å². The van der Waals surface area contributed by atoms with E-state index in [4.69, 9.17) is 25.7 Å². The molecule has 0 radical (unpaired) electrons. The topological polar surface area (TPSA) is 226 Å². The highest BCUT2D eigenvalue weighted by molar-refractivity contribution is 6.10. The molecular formula is C52H69N7O7+2. The molecule has 5 aromatic rings. The minimum atomic E-state index is -1.07. The highest BCUT2D eigenvalue weighted by Gasteiger charge is 2.31. The Hall–Kier alpha value is -6.67. The normalized spacial score (nSPS) is 12.6. The molecule has 0 unspecified atom stereocenters. The Labute approximate surface area is 388 Å². The van der Waals surface area contributed by atoms with Gasteiger partial charge >= 0.3 is 11.9 Å². The monoisotopic (exact) mass is 904 g/mol. The number of rotatable bonds is 26. The number of carbonyl (C=O) groups is 4. The van der Waals surface area contributed by atoms with Gasteiger partial charge in [0.1, 0.15) is 36.2 Å². The van der Waals surface area contributed by atoms with Crippen molar-refractivity contribution in [2.75, 3.05) is 26.3 Å². The minimum absolute atomic E-state index is 0.0250. The fraction of sp³-hybridized carbons (Fsp3) is 0.404. The Bertz CT molecular complexity index is 2400. The first-order valence-electron chi connectivity index (χ1n) is 23.2. The van der Waals surface area contributed by atoms with E-state index in [0.29, 0.717) is 56.4 Å². The van der Waals surface area contributed by atoms with E-state index in [1.54, 1.807) is 0 Å². The molecular weight excluding hydrogens is 835 g/mol. The second kappa shape index (κ2) is 25.7. The average Bonchev–Trinajstić information content (AvgIpc) is 3.30. The lowest BCUT2D eigenvalue weighted by Gasteiger charge is -2.26. The number of quaternary nitrogens is 1. The molecule has 3 amide bonds. The number of carbonyl (C=O) groups excluding carboxylic acids is 4. The van der Waals surface area contributed by atoms with E-state index < -0.39 is 48.4 Å². The minimum Gasteiger partial charge on any atom is -0.493 e. The second-order valence-electron chi connectivity index (χ2n) is 17.5. The summed E-state index contributed by atoms with van der Waals surface area (Å²) in [6.45, 7) is 9.36. The van der Waals surface area contributed by atoms with Gasteiger partial charge in [-0.15, -0.1) is 0 Å². The van der Waals surface area contributed by atoms with Crippen LogP contribution in [0.1, 0.15) is 78.2 Å². The SMILES string of the molecule is CC(C)CCOc1ccc2ccccc2c1-c1c(OCC(=O)N[C@H](CCCC[NH3+])C(=O)N[C@H](CCC[NH+]=C(N)N)C(=O)N[C@@H](CC(C)C)C(=O)OCc2ccccc2)ccc2ccccc12. The first-order chi connectivity index (χ1) is 31.8. The van der Waals surface area contributed by atoms with Gasteiger partial charge in [0.25, 0.3) is 5.91 Å². The molecule has 0 spiro atoms. The van der Waals surface area contributed by atoms with Crippen LogP contribution < -0.4 is 47.6 Å². The molecule has 11 N–H and O–H groups in total. The van der Waals surface area contributed by atoms with Crippen molar-refractivity contribution in [3.63, 3.8) is 0 Å². The van der Waals surface area contributed by atoms with Gasteiger partial charge in [0.15, 0.2) is 6.61 Å². The summed E-state index contributed by atoms with van der Waals surface area (Å²) in [5.41, 5.74) is 17.6. The zero-order valence-electron chi connectivity index (χ0n) is 38.9. The maximum absolute atomic E-state index is 14.2. The van der Waals surface area contributed by atoms with Crippen LogP contribution in [0.15, 0.2) is 103 Å². The highest BCUT2D eigenvalue weighted by Crippen LogP contribution is 2.45. The fourth-order valence-electron chi connectivity index (χ4n) is 7.70. The summed E-state index contributed by atoms with van der Waals surface area (Å²) in [6.07, 6.45) is 3.36. The van der Waals surface area contributed by atoms with Gasteiger partial charge in [0.05, 0.1) is 19.7 Å². The third kappa shape index (κ3) is 15.2. The predicted molar refractivity (Wildman–Crippen MR) is 259 cm³/mol. The molecule has 0 aliphatic rings. The molecule has 5 aromatic carbocycles. The summed E-state index contributed by atoms with van der Waals surface area (Å²) < 4.78 is 18.5. The molecule has 14 nitrogen and oxygen atoms in total. The van der Waals surface area contributed by atoms with E-state index in [9.17, 15) is 19.2 Å². The Morgan fingerprint density at radius 2 is 1.18 bits per heavy atom.